The molecular weight excluding hydrogens is 327 g/mol. The molecule has 0 amide bonds. The average molecular weight is 354 g/mol. The zero-order valence-corrected chi connectivity index (χ0v) is 15.6. The van der Waals surface area contributed by atoms with Crippen LogP contribution in [0.1, 0.15) is 23.1 Å². The van der Waals surface area contributed by atoms with Crippen molar-refractivity contribution < 1.29 is 9.13 Å². The minimum absolute atomic E-state index is 0.309. The normalized spacial score (nSPS) is 11.4. The highest BCUT2D eigenvalue weighted by Gasteiger charge is 2.11. The molecule has 138 valence electrons. The molecule has 1 aromatic heterocycles. The highest BCUT2D eigenvalue weighted by molar-refractivity contribution is 5.85. The van der Waals surface area contributed by atoms with Crippen molar-refractivity contribution in [3.05, 3.63) is 65.4 Å². The fraction of sp³-hybridized carbons (Fsp3) is 0.364. The molecule has 0 saturated heterocycles. The topological polar surface area (TPSA) is 28.3 Å². The lowest BCUT2D eigenvalue weighted by molar-refractivity contribution is 0.302. The van der Waals surface area contributed by atoms with Crippen LogP contribution < -0.4 is 4.74 Å². The van der Waals surface area contributed by atoms with E-state index in [4.69, 9.17) is 4.74 Å². The third-order valence-electron chi connectivity index (χ3n) is 4.59. The Bertz CT molecular complexity index is 827. The van der Waals surface area contributed by atoms with E-state index in [0.717, 1.165) is 35.4 Å². The molecule has 1 heterocycles. The van der Waals surface area contributed by atoms with Crippen molar-refractivity contribution in [1.82, 2.24) is 9.88 Å². The summed E-state index contributed by atoms with van der Waals surface area (Å²) in [7, 11) is 4.16. The summed E-state index contributed by atoms with van der Waals surface area (Å²) in [5.41, 5.74) is 4.58. The van der Waals surface area contributed by atoms with Crippen LogP contribution in [0, 0.1) is 0 Å². The van der Waals surface area contributed by atoms with Crippen molar-refractivity contribution in [1.29, 1.82) is 0 Å². The lowest BCUT2D eigenvalue weighted by Gasteiger charge is -2.13. The largest absolute Gasteiger partial charge is 0.489 e. The standard InChI is InChI=1S/C22H27FN2O/c1-25(2)12-10-19-15-24-21-14-22(18(9-6-11-23)13-20(19)21)26-16-17-7-4-3-5-8-17/h3-5,7-8,13-15,24H,6,9-12,16H2,1-2H3. The summed E-state index contributed by atoms with van der Waals surface area (Å²) in [6.45, 7) is 1.21. The lowest BCUT2D eigenvalue weighted by Crippen LogP contribution is -2.14. The van der Waals surface area contributed by atoms with Crippen LogP contribution in [0.5, 0.6) is 5.75 Å². The van der Waals surface area contributed by atoms with Gasteiger partial charge in [0.1, 0.15) is 12.4 Å². The van der Waals surface area contributed by atoms with Crippen molar-refractivity contribution in [2.75, 3.05) is 27.3 Å². The predicted octanol–water partition coefficient (Wildman–Crippen LogP) is 4.75. The smallest absolute Gasteiger partial charge is 0.125 e. The fourth-order valence-electron chi connectivity index (χ4n) is 3.13. The maximum absolute atomic E-state index is 12.8. The van der Waals surface area contributed by atoms with Gasteiger partial charge in [-0.25, -0.2) is 0 Å². The van der Waals surface area contributed by atoms with Crippen LogP contribution in [0.4, 0.5) is 4.39 Å². The van der Waals surface area contributed by atoms with E-state index < -0.39 is 0 Å². The first kappa shape index (κ1) is 18.5. The summed E-state index contributed by atoms with van der Waals surface area (Å²) < 4.78 is 18.8. The van der Waals surface area contributed by atoms with Gasteiger partial charge in [-0.3, -0.25) is 4.39 Å². The quantitative estimate of drug-likeness (QED) is 0.600. The number of aromatic amines is 1. The number of aryl methyl sites for hydroxylation is 1. The molecule has 0 bridgehead atoms. The van der Waals surface area contributed by atoms with E-state index >= 15 is 0 Å². The molecule has 0 spiro atoms. The summed E-state index contributed by atoms with van der Waals surface area (Å²) >= 11 is 0. The molecule has 0 saturated carbocycles. The number of nitrogens with one attached hydrogen (secondary N) is 1. The SMILES string of the molecule is CN(C)CCc1c[nH]c2cc(OCc3ccccc3)c(CCCF)cc12. The molecule has 0 aliphatic heterocycles. The van der Waals surface area contributed by atoms with Gasteiger partial charge in [0.05, 0.1) is 6.67 Å². The molecule has 26 heavy (non-hydrogen) atoms. The molecule has 4 heteroatoms. The van der Waals surface area contributed by atoms with Gasteiger partial charge >= 0.3 is 0 Å². The van der Waals surface area contributed by atoms with Crippen LogP contribution in [0.2, 0.25) is 0 Å². The van der Waals surface area contributed by atoms with E-state index in [9.17, 15) is 4.39 Å². The van der Waals surface area contributed by atoms with Gasteiger partial charge < -0.3 is 14.6 Å². The Kier molecular flexibility index (Phi) is 6.29. The highest BCUT2D eigenvalue weighted by Crippen LogP contribution is 2.30. The van der Waals surface area contributed by atoms with E-state index in [1.165, 1.54) is 10.9 Å². The first-order valence-electron chi connectivity index (χ1n) is 9.17. The van der Waals surface area contributed by atoms with E-state index in [0.29, 0.717) is 19.4 Å². The third kappa shape index (κ3) is 4.64. The summed E-state index contributed by atoms with van der Waals surface area (Å²) in [6.07, 6.45) is 4.27. The van der Waals surface area contributed by atoms with Crippen LogP contribution in [0.15, 0.2) is 48.7 Å². The minimum atomic E-state index is -0.309. The number of H-pyrrole nitrogens is 1. The first-order chi connectivity index (χ1) is 12.7. The van der Waals surface area contributed by atoms with Gasteiger partial charge in [0, 0.05) is 29.7 Å². The fourth-order valence-corrected chi connectivity index (χ4v) is 3.13. The first-order valence-corrected chi connectivity index (χ1v) is 9.17. The van der Waals surface area contributed by atoms with Gasteiger partial charge in [-0.1, -0.05) is 30.3 Å². The lowest BCUT2D eigenvalue weighted by atomic mass is 10.0. The van der Waals surface area contributed by atoms with Crippen LogP contribution in [0.25, 0.3) is 10.9 Å². The Balaban J connectivity index is 1.85. The molecule has 0 radical (unpaired) electrons. The number of likely N-dealkylation sites (N-methyl/N-ethyl adjacent to an activating group) is 1. The van der Waals surface area contributed by atoms with Gasteiger partial charge in [-0.15, -0.1) is 0 Å². The zero-order valence-electron chi connectivity index (χ0n) is 15.6. The molecule has 0 aliphatic carbocycles. The Labute approximate surface area is 154 Å². The van der Waals surface area contributed by atoms with Gasteiger partial charge in [0.2, 0.25) is 0 Å². The van der Waals surface area contributed by atoms with E-state index in [-0.39, 0.29) is 6.67 Å². The zero-order chi connectivity index (χ0) is 18.4. The average Bonchev–Trinajstić information content (AvgIpc) is 3.05. The molecular formula is C22H27FN2O. The molecule has 3 nitrogen and oxygen atoms in total. The van der Waals surface area contributed by atoms with E-state index in [1.54, 1.807) is 0 Å². The third-order valence-corrected chi connectivity index (χ3v) is 4.59. The van der Waals surface area contributed by atoms with Gasteiger partial charge in [-0.05, 0) is 56.1 Å². The highest BCUT2D eigenvalue weighted by atomic mass is 19.1. The van der Waals surface area contributed by atoms with Crippen molar-refractivity contribution in [3.63, 3.8) is 0 Å². The van der Waals surface area contributed by atoms with Crippen LogP contribution in [-0.2, 0) is 19.4 Å². The number of hydrogen-bond acceptors (Lipinski definition) is 2. The molecule has 3 aromatic rings. The number of halogens is 1. The monoisotopic (exact) mass is 354 g/mol. The number of fused-ring (bicyclic) bond motifs is 1. The molecule has 0 unspecified atom stereocenters. The number of benzene rings is 2. The molecule has 3 rings (SSSR count). The van der Waals surface area contributed by atoms with Crippen molar-refractivity contribution in [3.8, 4) is 5.75 Å². The number of ether oxygens (including phenoxy) is 1. The second kappa shape index (κ2) is 8.86. The van der Waals surface area contributed by atoms with Crippen LogP contribution in [-0.4, -0.2) is 37.2 Å². The second-order valence-electron chi connectivity index (χ2n) is 6.94. The summed E-state index contributed by atoms with van der Waals surface area (Å²) in [4.78, 5) is 5.54. The Morgan fingerprint density at radius 3 is 2.58 bits per heavy atom. The molecule has 0 aliphatic rings. The Hall–Kier alpha value is -2.33. The van der Waals surface area contributed by atoms with Crippen molar-refractivity contribution >= 4 is 10.9 Å². The summed E-state index contributed by atoms with van der Waals surface area (Å²) in [5, 5.41) is 1.22. The summed E-state index contributed by atoms with van der Waals surface area (Å²) in [6, 6.07) is 14.3. The number of hydrogen-bond donors (Lipinski definition) is 1. The van der Waals surface area contributed by atoms with E-state index in [2.05, 4.69) is 42.3 Å². The number of alkyl halides is 1. The van der Waals surface area contributed by atoms with Gasteiger partial charge in [0.25, 0.3) is 0 Å². The van der Waals surface area contributed by atoms with Crippen molar-refractivity contribution in [2.45, 2.75) is 25.9 Å². The van der Waals surface area contributed by atoms with Gasteiger partial charge in [0.15, 0.2) is 0 Å². The Morgan fingerprint density at radius 2 is 1.85 bits per heavy atom. The Morgan fingerprint density at radius 1 is 1.04 bits per heavy atom. The van der Waals surface area contributed by atoms with Crippen molar-refractivity contribution in [2.24, 2.45) is 0 Å². The predicted molar refractivity (Wildman–Crippen MR) is 106 cm³/mol. The minimum Gasteiger partial charge on any atom is -0.489 e. The van der Waals surface area contributed by atoms with Crippen LogP contribution in [0.3, 0.4) is 0 Å². The molecule has 1 N–H and O–H groups in total. The number of aromatic nitrogens is 1. The maximum atomic E-state index is 12.8. The number of rotatable bonds is 9. The van der Waals surface area contributed by atoms with Crippen LogP contribution >= 0.6 is 0 Å². The molecule has 2 aromatic carbocycles. The molecule has 0 fully saturated rings. The molecule has 0 atom stereocenters. The second-order valence-corrected chi connectivity index (χ2v) is 6.94. The maximum Gasteiger partial charge on any atom is 0.125 e. The summed E-state index contributed by atoms with van der Waals surface area (Å²) in [5.74, 6) is 0.843. The van der Waals surface area contributed by atoms with E-state index in [1.807, 2.05) is 30.3 Å². The number of nitrogens with zero attached hydrogens (tertiary/aromatic N) is 1. The van der Waals surface area contributed by atoms with Gasteiger partial charge in [-0.2, -0.15) is 0 Å².